The van der Waals surface area contributed by atoms with Gasteiger partial charge < -0.3 is 10.5 Å². The van der Waals surface area contributed by atoms with Gasteiger partial charge in [0.05, 0.1) is 13.5 Å². The minimum Gasteiger partial charge on any atom is -0.469 e. The van der Waals surface area contributed by atoms with E-state index >= 15 is 0 Å². The maximum absolute atomic E-state index is 13.4. The van der Waals surface area contributed by atoms with E-state index in [-0.39, 0.29) is 29.4 Å². The Morgan fingerprint density at radius 2 is 1.94 bits per heavy atom. The average Bonchev–Trinajstić information content (AvgIpc) is 2.15. The van der Waals surface area contributed by atoms with Gasteiger partial charge in [0.1, 0.15) is 11.6 Å². The van der Waals surface area contributed by atoms with Gasteiger partial charge in [0.15, 0.2) is 0 Å². The van der Waals surface area contributed by atoms with E-state index in [1.165, 1.54) is 7.11 Å². The Bertz CT molecular complexity index is 392. The smallest absolute Gasteiger partial charge is 0.307 e. The lowest BCUT2D eigenvalue weighted by Crippen LogP contribution is -2.19. The molecule has 0 aliphatic heterocycles. The second-order valence-electron chi connectivity index (χ2n) is 3.17. The van der Waals surface area contributed by atoms with Crippen LogP contribution in [0.15, 0.2) is 12.1 Å². The highest BCUT2D eigenvalue weighted by atomic mass is 35.5. The molecule has 0 amide bonds. The van der Waals surface area contributed by atoms with Gasteiger partial charge in [-0.1, -0.05) is 11.6 Å². The number of halogens is 4. The van der Waals surface area contributed by atoms with Crippen LogP contribution in [0, 0.1) is 11.6 Å². The zero-order chi connectivity index (χ0) is 12.3. The Morgan fingerprint density at radius 1 is 1.47 bits per heavy atom. The van der Waals surface area contributed by atoms with Crippen molar-refractivity contribution in [3.05, 3.63) is 34.4 Å². The van der Waals surface area contributed by atoms with Gasteiger partial charge in [-0.2, -0.15) is 0 Å². The molecule has 1 aromatic rings. The number of hydrogen-bond acceptors (Lipinski definition) is 3. The molecule has 3 nitrogen and oxygen atoms in total. The first-order valence-corrected chi connectivity index (χ1v) is 4.80. The summed E-state index contributed by atoms with van der Waals surface area (Å²) in [5.74, 6) is -2.39. The Balaban J connectivity index is 0.00000256. The number of carbonyl (C=O) groups excluding carboxylic acids is 1. The molecule has 0 heterocycles. The molecule has 1 rings (SSSR count). The number of hydrogen-bond donors (Lipinski definition) is 1. The Kier molecular flexibility index (Phi) is 6.37. The molecular weight excluding hydrogens is 275 g/mol. The van der Waals surface area contributed by atoms with E-state index in [1.807, 2.05) is 0 Å². The molecule has 0 aliphatic rings. The van der Waals surface area contributed by atoms with E-state index in [0.717, 1.165) is 12.1 Å². The summed E-state index contributed by atoms with van der Waals surface area (Å²) in [6, 6.07) is 0.790. The van der Waals surface area contributed by atoms with Crippen LogP contribution in [0.2, 0.25) is 5.02 Å². The molecule has 0 aromatic heterocycles. The Labute approximate surface area is 108 Å². The van der Waals surface area contributed by atoms with Crippen LogP contribution >= 0.6 is 24.0 Å². The quantitative estimate of drug-likeness (QED) is 0.869. The summed E-state index contributed by atoms with van der Waals surface area (Å²) >= 11 is 5.45. The van der Waals surface area contributed by atoms with Crippen LogP contribution in [0.3, 0.4) is 0 Å². The molecular formula is C10H11Cl2F2NO2. The van der Waals surface area contributed by atoms with Crippen LogP contribution < -0.4 is 5.73 Å². The second-order valence-corrected chi connectivity index (χ2v) is 3.61. The summed E-state index contributed by atoms with van der Waals surface area (Å²) in [5.41, 5.74) is 5.13. The van der Waals surface area contributed by atoms with Crippen molar-refractivity contribution in [2.45, 2.75) is 12.5 Å². The van der Waals surface area contributed by atoms with Gasteiger partial charge in [-0.25, -0.2) is 8.78 Å². The lowest BCUT2D eigenvalue weighted by molar-refractivity contribution is -0.141. The van der Waals surface area contributed by atoms with E-state index in [4.69, 9.17) is 17.3 Å². The molecule has 17 heavy (non-hydrogen) atoms. The fourth-order valence-electron chi connectivity index (χ4n) is 1.27. The summed E-state index contributed by atoms with van der Waals surface area (Å²) < 4.78 is 31.1. The molecule has 0 radical (unpaired) electrons. The fourth-order valence-corrected chi connectivity index (χ4v) is 1.46. The van der Waals surface area contributed by atoms with Crippen LogP contribution in [0.25, 0.3) is 0 Å². The number of carbonyl (C=O) groups is 1. The molecule has 0 fully saturated rings. The van der Waals surface area contributed by atoms with Gasteiger partial charge in [0, 0.05) is 16.6 Å². The summed E-state index contributed by atoms with van der Waals surface area (Å²) in [4.78, 5) is 10.9. The van der Waals surface area contributed by atoms with Gasteiger partial charge in [-0.05, 0) is 12.1 Å². The number of nitrogens with two attached hydrogens (primary N) is 1. The number of esters is 1. The maximum atomic E-state index is 13.4. The van der Waals surface area contributed by atoms with E-state index in [0.29, 0.717) is 0 Å². The van der Waals surface area contributed by atoms with Crippen LogP contribution in [0.5, 0.6) is 0 Å². The van der Waals surface area contributed by atoms with E-state index in [9.17, 15) is 13.6 Å². The summed E-state index contributed by atoms with van der Waals surface area (Å²) in [6.07, 6.45) is -0.300. The first-order valence-electron chi connectivity index (χ1n) is 4.42. The third kappa shape index (κ3) is 4.11. The monoisotopic (exact) mass is 285 g/mol. The Hall–Kier alpha value is -0.910. The van der Waals surface area contributed by atoms with Gasteiger partial charge in [-0.15, -0.1) is 12.4 Å². The van der Waals surface area contributed by atoms with Crippen LogP contribution in [-0.4, -0.2) is 13.1 Å². The van der Waals surface area contributed by atoms with Gasteiger partial charge in [0.2, 0.25) is 0 Å². The predicted molar refractivity (Wildman–Crippen MR) is 62.2 cm³/mol. The standard InChI is InChI=1S/C10H10ClF2NO2.ClH/c1-16-9(15)4-8(14)10-6(12)2-5(11)3-7(10)13;/h2-3,8H,4,14H2,1H3;1H/t8-;/m0./s1. The van der Waals surface area contributed by atoms with E-state index in [2.05, 4.69) is 4.74 Å². The van der Waals surface area contributed by atoms with Crippen LogP contribution in [0.4, 0.5) is 8.78 Å². The second kappa shape index (κ2) is 6.74. The molecule has 7 heteroatoms. The first kappa shape index (κ1) is 16.1. The molecule has 96 valence electrons. The molecule has 0 spiro atoms. The van der Waals surface area contributed by atoms with Crippen molar-refractivity contribution in [3.8, 4) is 0 Å². The number of rotatable bonds is 3. The lowest BCUT2D eigenvalue weighted by Gasteiger charge is -2.12. The molecule has 0 aliphatic carbocycles. The van der Waals surface area contributed by atoms with Crippen molar-refractivity contribution in [3.63, 3.8) is 0 Å². The van der Waals surface area contributed by atoms with Crippen LogP contribution in [0.1, 0.15) is 18.0 Å². The fraction of sp³-hybridized carbons (Fsp3) is 0.300. The Morgan fingerprint density at radius 3 is 2.35 bits per heavy atom. The highest BCUT2D eigenvalue weighted by Crippen LogP contribution is 2.25. The normalized spacial score (nSPS) is 11.6. The molecule has 0 saturated carbocycles. The molecule has 0 bridgehead atoms. The van der Waals surface area contributed by atoms with Crippen molar-refractivity contribution in [2.75, 3.05) is 7.11 Å². The summed E-state index contributed by atoms with van der Waals surface area (Å²) in [7, 11) is 1.17. The average molecular weight is 286 g/mol. The third-order valence-electron chi connectivity index (χ3n) is 2.03. The zero-order valence-corrected chi connectivity index (χ0v) is 10.4. The number of methoxy groups -OCH3 is 1. The lowest BCUT2D eigenvalue weighted by atomic mass is 10.0. The number of benzene rings is 1. The van der Waals surface area contributed by atoms with Gasteiger partial charge in [0.25, 0.3) is 0 Å². The minimum atomic E-state index is -1.09. The van der Waals surface area contributed by atoms with Crippen molar-refractivity contribution >= 4 is 30.0 Å². The molecule has 1 atom stereocenters. The molecule has 1 aromatic carbocycles. The SMILES string of the molecule is COC(=O)C[C@H](N)c1c(F)cc(Cl)cc1F.Cl. The maximum Gasteiger partial charge on any atom is 0.307 e. The predicted octanol–water partition coefficient (Wildman–Crippen LogP) is 2.60. The first-order chi connectivity index (χ1) is 7.45. The molecule has 0 unspecified atom stereocenters. The van der Waals surface area contributed by atoms with E-state index < -0.39 is 23.6 Å². The highest BCUT2D eigenvalue weighted by Gasteiger charge is 2.20. The van der Waals surface area contributed by atoms with Crippen LogP contribution in [-0.2, 0) is 9.53 Å². The highest BCUT2D eigenvalue weighted by molar-refractivity contribution is 6.30. The van der Waals surface area contributed by atoms with Crippen molar-refractivity contribution in [1.29, 1.82) is 0 Å². The van der Waals surface area contributed by atoms with E-state index in [1.54, 1.807) is 0 Å². The number of ether oxygens (including phenoxy) is 1. The topological polar surface area (TPSA) is 52.3 Å². The van der Waals surface area contributed by atoms with Crippen molar-refractivity contribution in [1.82, 2.24) is 0 Å². The third-order valence-corrected chi connectivity index (χ3v) is 2.25. The van der Waals surface area contributed by atoms with Crippen molar-refractivity contribution in [2.24, 2.45) is 5.73 Å². The molecule has 2 N–H and O–H groups in total. The summed E-state index contributed by atoms with van der Waals surface area (Å²) in [5, 5.41) is -0.0657. The largest absolute Gasteiger partial charge is 0.469 e. The van der Waals surface area contributed by atoms with Gasteiger partial charge in [-0.3, -0.25) is 4.79 Å². The van der Waals surface area contributed by atoms with Crippen molar-refractivity contribution < 1.29 is 18.3 Å². The van der Waals surface area contributed by atoms with Gasteiger partial charge >= 0.3 is 5.97 Å². The zero-order valence-electron chi connectivity index (χ0n) is 8.88. The minimum absolute atomic E-state index is 0. The molecule has 0 saturated heterocycles. The summed E-state index contributed by atoms with van der Waals surface area (Å²) in [6.45, 7) is 0.